The zero-order valence-corrected chi connectivity index (χ0v) is 25.8. The van der Waals surface area contributed by atoms with Gasteiger partial charge in [0.25, 0.3) is 0 Å². The van der Waals surface area contributed by atoms with Crippen molar-refractivity contribution in [3.63, 3.8) is 0 Å². The minimum absolute atomic E-state index is 0.963. The molecule has 0 N–H and O–H groups in total. The van der Waals surface area contributed by atoms with E-state index in [-0.39, 0.29) is 0 Å². The Kier molecular flexibility index (Phi) is 11.1. The van der Waals surface area contributed by atoms with E-state index in [2.05, 4.69) is 119 Å². The third-order valence-corrected chi connectivity index (χ3v) is 8.00. The molecule has 2 heterocycles. The third kappa shape index (κ3) is 8.35. The second-order valence-corrected chi connectivity index (χ2v) is 11.9. The topological polar surface area (TPSA) is 25.8 Å². The summed E-state index contributed by atoms with van der Waals surface area (Å²) in [5.41, 5.74) is 9.04. The van der Waals surface area contributed by atoms with Crippen LogP contribution in [-0.4, -0.2) is 9.97 Å². The molecule has 0 unspecified atom stereocenters. The molecule has 2 nitrogen and oxygen atoms in total. The molecule has 0 bridgehead atoms. The molecule has 0 atom stereocenters. The van der Waals surface area contributed by atoms with Gasteiger partial charge in [-0.3, -0.25) is 9.97 Å². The predicted octanol–water partition coefficient (Wildman–Crippen LogP) is 11.2. The molecule has 0 amide bonds. The van der Waals surface area contributed by atoms with Gasteiger partial charge in [0.1, 0.15) is 0 Å². The van der Waals surface area contributed by atoms with Crippen LogP contribution in [0.15, 0.2) is 81.7 Å². The Bertz CT molecular complexity index is 1190. The molecule has 4 aromatic rings. The smallest absolute Gasteiger partial charge is 0.0895 e. The van der Waals surface area contributed by atoms with Crippen molar-refractivity contribution in [3.8, 4) is 33.6 Å². The van der Waals surface area contributed by atoms with Gasteiger partial charge in [0, 0.05) is 20.3 Å². The molecule has 0 aliphatic rings. The molecule has 0 spiro atoms. The molecule has 0 radical (unpaired) electrons. The Morgan fingerprint density at radius 1 is 0.474 bits per heavy atom. The van der Waals surface area contributed by atoms with Crippen molar-refractivity contribution in [1.29, 1.82) is 0 Å². The average molecular weight is 634 g/mol. The number of nitrogens with zero attached hydrogens (tertiary/aromatic N) is 2. The van der Waals surface area contributed by atoms with Gasteiger partial charge in [-0.2, -0.15) is 0 Å². The monoisotopic (exact) mass is 632 g/mol. The lowest BCUT2D eigenvalue weighted by Crippen LogP contribution is -2.00. The van der Waals surface area contributed by atoms with Crippen LogP contribution in [0.4, 0.5) is 0 Å². The fourth-order valence-corrected chi connectivity index (χ4v) is 5.31. The molecule has 4 rings (SSSR count). The van der Waals surface area contributed by atoms with E-state index in [4.69, 9.17) is 9.97 Å². The quantitative estimate of drug-likeness (QED) is 0.137. The van der Waals surface area contributed by atoms with E-state index in [0.717, 1.165) is 44.6 Å². The fourth-order valence-electron chi connectivity index (χ4n) is 4.78. The third-order valence-electron chi connectivity index (χ3n) is 6.95. The van der Waals surface area contributed by atoms with Crippen molar-refractivity contribution in [2.45, 2.75) is 78.1 Å². The van der Waals surface area contributed by atoms with Gasteiger partial charge in [0.05, 0.1) is 11.4 Å². The molecule has 38 heavy (non-hydrogen) atoms. The Balaban J connectivity index is 1.76. The molecule has 4 heteroatoms. The maximum atomic E-state index is 5.16. The Hall–Kier alpha value is -2.30. The summed E-state index contributed by atoms with van der Waals surface area (Å²) in [5, 5.41) is 0. The second kappa shape index (κ2) is 14.7. The second-order valence-electron chi connectivity index (χ2n) is 10.1. The molecule has 2 aromatic heterocycles. The van der Waals surface area contributed by atoms with Gasteiger partial charge in [-0.05, 0) is 96.5 Å². The van der Waals surface area contributed by atoms with Gasteiger partial charge < -0.3 is 0 Å². The molecule has 0 saturated heterocycles. The van der Waals surface area contributed by atoms with E-state index < -0.39 is 0 Å². The van der Waals surface area contributed by atoms with Gasteiger partial charge in [-0.1, -0.05) is 108 Å². The number of aromatic nitrogens is 2. The van der Waals surface area contributed by atoms with Crippen LogP contribution in [0, 0.1) is 0 Å². The summed E-state index contributed by atoms with van der Waals surface area (Å²) in [6.45, 7) is 4.52. The van der Waals surface area contributed by atoms with Gasteiger partial charge >= 0.3 is 0 Å². The first-order valence-electron chi connectivity index (χ1n) is 14.1. The zero-order chi connectivity index (χ0) is 26.7. The molecule has 0 aliphatic heterocycles. The van der Waals surface area contributed by atoms with Crippen LogP contribution in [0.25, 0.3) is 33.6 Å². The summed E-state index contributed by atoms with van der Waals surface area (Å²) < 4.78 is 2.18. The van der Waals surface area contributed by atoms with Gasteiger partial charge in [0.15, 0.2) is 0 Å². The predicted molar refractivity (Wildman–Crippen MR) is 169 cm³/mol. The first-order valence-corrected chi connectivity index (χ1v) is 15.7. The van der Waals surface area contributed by atoms with E-state index >= 15 is 0 Å². The standard InChI is InChI=1S/C34H38Br2N2/c1-3-5-7-9-11-31-21-27(25-13-17-29(35)18-14-25)23-33(37-31)34-24-28(26-15-19-30(36)20-16-26)22-32(38-34)12-10-8-6-4-2/h13-24H,3-12H2,1-2H3. The number of hydrogen-bond acceptors (Lipinski definition) is 2. The Labute approximate surface area is 245 Å². The van der Waals surface area contributed by atoms with Gasteiger partial charge in [0.2, 0.25) is 0 Å². The SMILES string of the molecule is CCCCCCc1cc(-c2ccc(Br)cc2)cc(-c2cc(-c3ccc(Br)cc3)cc(CCCCCC)n2)n1. The highest BCUT2D eigenvalue weighted by molar-refractivity contribution is 9.10. The number of hydrogen-bond donors (Lipinski definition) is 0. The minimum atomic E-state index is 0.963. The number of benzene rings is 2. The van der Waals surface area contributed by atoms with Crippen LogP contribution < -0.4 is 0 Å². The fraction of sp³-hybridized carbons (Fsp3) is 0.353. The first-order chi connectivity index (χ1) is 18.6. The van der Waals surface area contributed by atoms with Crippen molar-refractivity contribution in [2.75, 3.05) is 0 Å². The molecular weight excluding hydrogens is 596 g/mol. The molecule has 198 valence electrons. The van der Waals surface area contributed by atoms with Gasteiger partial charge in [-0.25, -0.2) is 0 Å². The number of pyridine rings is 2. The van der Waals surface area contributed by atoms with Crippen LogP contribution in [0.2, 0.25) is 0 Å². The molecule has 0 saturated carbocycles. The normalized spacial score (nSPS) is 11.2. The van der Waals surface area contributed by atoms with E-state index in [1.54, 1.807) is 0 Å². The van der Waals surface area contributed by atoms with Crippen LogP contribution in [-0.2, 0) is 12.8 Å². The van der Waals surface area contributed by atoms with Crippen molar-refractivity contribution in [1.82, 2.24) is 9.97 Å². The van der Waals surface area contributed by atoms with E-state index in [9.17, 15) is 0 Å². The number of halogens is 2. The molecule has 0 aliphatic carbocycles. The van der Waals surface area contributed by atoms with E-state index in [0.29, 0.717) is 0 Å². The van der Waals surface area contributed by atoms with E-state index in [1.165, 1.54) is 73.6 Å². The average Bonchev–Trinajstić information content (AvgIpc) is 2.94. The Morgan fingerprint density at radius 2 is 0.868 bits per heavy atom. The summed E-state index contributed by atoms with van der Waals surface area (Å²) in [5.74, 6) is 0. The van der Waals surface area contributed by atoms with Crippen LogP contribution in [0.1, 0.15) is 76.6 Å². The largest absolute Gasteiger partial charge is 0.251 e. The minimum Gasteiger partial charge on any atom is -0.251 e. The van der Waals surface area contributed by atoms with Crippen LogP contribution in [0.5, 0.6) is 0 Å². The zero-order valence-electron chi connectivity index (χ0n) is 22.6. The van der Waals surface area contributed by atoms with Crippen LogP contribution >= 0.6 is 31.9 Å². The highest BCUT2D eigenvalue weighted by Gasteiger charge is 2.12. The molecule has 0 fully saturated rings. The van der Waals surface area contributed by atoms with Crippen molar-refractivity contribution >= 4 is 31.9 Å². The van der Waals surface area contributed by atoms with Crippen molar-refractivity contribution < 1.29 is 0 Å². The highest BCUT2D eigenvalue weighted by atomic mass is 79.9. The van der Waals surface area contributed by atoms with Crippen molar-refractivity contribution in [2.24, 2.45) is 0 Å². The summed E-state index contributed by atoms with van der Waals surface area (Å²) in [6, 6.07) is 26.1. The summed E-state index contributed by atoms with van der Waals surface area (Å²) in [7, 11) is 0. The lowest BCUT2D eigenvalue weighted by Gasteiger charge is -2.13. The van der Waals surface area contributed by atoms with E-state index in [1.807, 2.05) is 0 Å². The lowest BCUT2D eigenvalue weighted by molar-refractivity contribution is 0.660. The number of aryl methyl sites for hydroxylation is 2. The number of unbranched alkanes of at least 4 members (excludes halogenated alkanes) is 6. The molecule has 2 aromatic carbocycles. The first kappa shape index (κ1) is 28.7. The van der Waals surface area contributed by atoms with Crippen LogP contribution in [0.3, 0.4) is 0 Å². The van der Waals surface area contributed by atoms with Crippen molar-refractivity contribution in [3.05, 3.63) is 93.1 Å². The number of rotatable bonds is 13. The highest BCUT2D eigenvalue weighted by Crippen LogP contribution is 2.31. The Morgan fingerprint density at radius 3 is 1.24 bits per heavy atom. The molecular formula is C34H38Br2N2. The summed E-state index contributed by atoms with van der Waals surface area (Å²) in [4.78, 5) is 10.3. The summed E-state index contributed by atoms with van der Waals surface area (Å²) >= 11 is 7.16. The van der Waals surface area contributed by atoms with Gasteiger partial charge in [-0.15, -0.1) is 0 Å². The summed E-state index contributed by atoms with van der Waals surface area (Å²) in [6.07, 6.45) is 11.8. The maximum Gasteiger partial charge on any atom is 0.0895 e. The maximum absolute atomic E-state index is 5.16. The lowest BCUT2D eigenvalue weighted by atomic mass is 9.99.